The SMILES string of the molecule is CCC1CN(C(=O)C2CC3CCC2N3)CCO1. The van der Waals surface area contributed by atoms with Crippen LogP contribution in [0.3, 0.4) is 0 Å². The molecule has 0 radical (unpaired) electrons. The average molecular weight is 238 g/mol. The summed E-state index contributed by atoms with van der Waals surface area (Å²) in [4.78, 5) is 14.5. The van der Waals surface area contributed by atoms with Crippen molar-refractivity contribution >= 4 is 5.91 Å². The fourth-order valence-electron chi connectivity index (χ4n) is 3.50. The fraction of sp³-hybridized carbons (Fsp3) is 0.923. The molecule has 2 bridgehead atoms. The standard InChI is InChI=1S/C13H22N2O2/c1-2-10-8-15(5-6-17-10)13(16)11-7-9-3-4-12(11)14-9/h9-12,14H,2-8H2,1H3. The van der Waals surface area contributed by atoms with Crippen molar-refractivity contribution in [3.05, 3.63) is 0 Å². The summed E-state index contributed by atoms with van der Waals surface area (Å²) in [6.45, 7) is 4.41. The number of hydrogen-bond donors (Lipinski definition) is 1. The van der Waals surface area contributed by atoms with E-state index < -0.39 is 0 Å². The lowest BCUT2D eigenvalue weighted by atomic mass is 9.88. The second-order valence-electron chi connectivity index (χ2n) is 5.57. The van der Waals surface area contributed by atoms with Crippen LogP contribution in [0.2, 0.25) is 0 Å². The number of carbonyl (C=O) groups is 1. The molecule has 17 heavy (non-hydrogen) atoms. The van der Waals surface area contributed by atoms with Crippen molar-refractivity contribution in [2.24, 2.45) is 5.92 Å². The highest BCUT2D eigenvalue weighted by molar-refractivity contribution is 5.80. The first-order valence-electron chi connectivity index (χ1n) is 6.94. The molecule has 3 rings (SSSR count). The largest absolute Gasteiger partial charge is 0.375 e. The maximum absolute atomic E-state index is 12.5. The third-order valence-corrected chi connectivity index (χ3v) is 4.52. The zero-order valence-electron chi connectivity index (χ0n) is 10.5. The van der Waals surface area contributed by atoms with E-state index in [1.54, 1.807) is 0 Å². The number of hydrogen-bond acceptors (Lipinski definition) is 3. The van der Waals surface area contributed by atoms with Gasteiger partial charge < -0.3 is 15.0 Å². The normalized spacial score (nSPS) is 40.9. The van der Waals surface area contributed by atoms with Crippen molar-refractivity contribution in [3.8, 4) is 0 Å². The quantitative estimate of drug-likeness (QED) is 0.772. The molecule has 0 aromatic rings. The van der Waals surface area contributed by atoms with Crippen molar-refractivity contribution in [1.82, 2.24) is 10.2 Å². The summed E-state index contributed by atoms with van der Waals surface area (Å²) in [7, 11) is 0. The molecule has 3 aliphatic rings. The molecule has 0 aromatic carbocycles. The van der Waals surface area contributed by atoms with Gasteiger partial charge in [-0.25, -0.2) is 0 Å². The molecule has 1 amide bonds. The summed E-state index contributed by atoms with van der Waals surface area (Å²) < 4.78 is 5.62. The molecule has 0 aliphatic carbocycles. The van der Waals surface area contributed by atoms with Gasteiger partial charge in [0.2, 0.25) is 5.91 Å². The van der Waals surface area contributed by atoms with Crippen molar-refractivity contribution in [3.63, 3.8) is 0 Å². The van der Waals surface area contributed by atoms with E-state index in [2.05, 4.69) is 12.2 Å². The zero-order chi connectivity index (χ0) is 11.8. The Morgan fingerprint density at radius 2 is 2.35 bits per heavy atom. The lowest BCUT2D eigenvalue weighted by Crippen LogP contribution is -2.49. The Balaban J connectivity index is 1.62. The van der Waals surface area contributed by atoms with E-state index in [0.717, 1.165) is 25.9 Å². The second-order valence-corrected chi connectivity index (χ2v) is 5.57. The van der Waals surface area contributed by atoms with Gasteiger partial charge in [-0.2, -0.15) is 0 Å². The number of nitrogens with one attached hydrogen (secondary N) is 1. The van der Waals surface area contributed by atoms with Gasteiger partial charge in [0.1, 0.15) is 0 Å². The zero-order valence-corrected chi connectivity index (χ0v) is 10.5. The number of ether oxygens (including phenoxy) is 1. The monoisotopic (exact) mass is 238 g/mol. The second kappa shape index (κ2) is 4.58. The van der Waals surface area contributed by atoms with Crippen LogP contribution in [0, 0.1) is 5.92 Å². The van der Waals surface area contributed by atoms with Gasteiger partial charge in [0.05, 0.1) is 18.6 Å². The molecule has 4 unspecified atom stereocenters. The minimum atomic E-state index is 0.240. The van der Waals surface area contributed by atoms with Gasteiger partial charge in [0.25, 0.3) is 0 Å². The van der Waals surface area contributed by atoms with Crippen LogP contribution < -0.4 is 5.32 Å². The summed E-state index contributed by atoms with van der Waals surface area (Å²) in [6, 6.07) is 1.06. The molecule has 3 heterocycles. The van der Waals surface area contributed by atoms with Crippen molar-refractivity contribution in [2.75, 3.05) is 19.7 Å². The maximum atomic E-state index is 12.5. The number of fused-ring (bicyclic) bond motifs is 2. The van der Waals surface area contributed by atoms with E-state index in [0.29, 0.717) is 24.6 Å². The van der Waals surface area contributed by atoms with E-state index in [4.69, 9.17) is 4.74 Å². The van der Waals surface area contributed by atoms with Crippen LogP contribution in [0.5, 0.6) is 0 Å². The van der Waals surface area contributed by atoms with Crippen LogP contribution in [0.25, 0.3) is 0 Å². The fourth-order valence-corrected chi connectivity index (χ4v) is 3.50. The Morgan fingerprint density at radius 1 is 1.47 bits per heavy atom. The first-order chi connectivity index (χ1) is 8.28. The third kappa shape index (κ3) is 2.08. The van der Waals surface area contributed by atoms with Gasteiger partial charge in [0, 0.05) is 25.2 Å². The van der Waals surface area contributed by atoms with Crippen molar-refractivity contribution in [1.29, 1.82) is 0 Å². The average Bonchev–Trinajstić information content (AvgIpc) is 3.00. The summed E-state index contributed by atoms with van der Waals surface area (Å²) in [5.41, 5.74) is 0. The van der Waals surface area contributed by atoms with Crippen LogP contribution in [-0.2, 0) is 9.53 Å². The Hall–Kier alpha value is -0.610. The smallest absolute Gasteiger partial charge is 0.227 e. The maximum Gasteiger partial charge on any atom is 0.227 e. The summed E-state index contributed by atoms with van der Waals surface area (Å²) >= 11 is 0. The highest BCUT2D eigenvalue weighted by Gasteiger charge is 2.44. The third-order valence-electron chi connectivity index (χ3n) is 4.52. The first-order valence-corrected chi connectivity index (χ1v) is 6.94. The molecule has 4 nitrogen and oxygen atoms in total. The van der Waals surface area contributed by atoms with E-state index in [9.17, 15) is 4.79 Å². The topological polar surface area (TPSA) is 41.6 Å². The highest BCUT2D eigenvalue weighted by Crippen LogP contribution is 2.34. The Morgan fingerprint density at radius 3 is 3.00 bits per heavy atom. The van der Waals surface area contributed by atoms with Crippen LogP contribution in [0.4, 0.5) is 0 Å². The van der Waals surface area contributed by atoms with Gasteiger partial charge in [-0.15, -0.1) is 0 Å². The summed E-state index contributed by atoms with van der Waals surface area (Å²) in [6.07, 6.45) is 4.74. The lowest BCUT2D eigenvalue weighted by Gasteiger charge is -2.35. The van der Waals surface area contributed by atoms with Gasteiger partial charge in [-0.05, 0) is 25.7 Å². The molecule has 4 atom stereocenters. The molecule has 3 aliphatic heterocycles. The van der Waals surface area contributed by atoms with Gasteiger partial charge in [0.15, 0.2) is 0 Å². The number of rotatable bonds is 2. The Kier molecular flexibility index (Phi) is 3.09. The van der Waals surface area contributed by atoms with Gasteiger partial charge in [-0.3, -0.25) is 4.79 Å². The Bertz CT molecular complexity index is 308. The predicted molar refractivity (Wildman–Crippen MR) is 64.7 cm³/mol. The molecular formula is C13H22N2O2. The number of amides is 1. The minimum absolute atomic E-state index is 0.240. The summed E-state index contributed by atoms with van der Waals surface area (Å²) in [5, 5.41) is 3.54. The van der Waals surface area contributed by atoms with Gasteiger partial charge >= 0.3 is 0 Å². The lowest BCUT2D eigenvalue weighted by molar-refractivity contribution is -0.143. The molecule has 3 saturated heterocycles. The highest BCUT2D eigenvalue weighted by atomic mass is 16.5. The molecule has 1 N–H and O–H groups in total. The summed E-state index contributed by atoms with van der Waals surface area (Å²) in [5.74, 6) is 0.607. The van der Waals surface area contributed by atoms with E-state index in [-0.39, 0.29) is 12.0 Å². The van der Waals surface area contributed by atoms with Crippen LogP contribution >= 0.6 is 0 Å². The van der Waals surface area contributed by atoms with Crippen molar-refractivity contribution < 1.29 is 9.53 Å². The van der Waals surface area contributed by atoms with E-state index >= 15 is 0 Å². The number of morpholine rings is 1. The molecular weight excluding hydrogens is 216 g/mol. The van der Waals surface area contributed by atoms with Crippen LogP contribution in [-0.4, -0.2) is 48.7 Å². The molecule has 3 fully saturated rings. The molecule has 0 saturated carbocycles. The number of carbonyl (C=O) groups excluding carboxylic acids is 1. The van der Waals surface area contributed by atoms with Gasteiger partial charge in [-0.1, -0.05) is 6.92 Å². The van der Waals surface area contributed by atoms with Crippen LogP contribution in [0.1, 0.15) is 32.6 Å². The molecule has 4 heteroatoms. The molecule has 0 spiro atoms. The minimum Gasteiger partial charge on any atom is -0.375 e. The van der Waals surface area contributed by atoms with Crippen molar-refractivity contribution in [2.45, 2.75) is 50.8 Å². The Labute approximate surface area is 103 Å². The molecule has 96 valence electrons. The number of nitrogens with zero attached hydrogens (tertiary/aromatic N) is 1. The molecule has 0 aromatic heterocycles. The first kappa shape index (κ1) is 11.5. The van der Waals surface area contributed by atoms with E-state index in [1.165, 1.54) is 12.8 Å². The van der Waals surface area contributed by atoms with Crippen LogP contribution in [0.15, 0.2) is 0 Å². The van der Waals surface area contributed by atoms with E-state index in [1.807, 2.05) is 4.90 Å². The predicted octanol–water partition coefficient (Wildman–Crippen LogP) is 0.764.